The number of benzene rings is 3. The molecule has 10 nitrogen and oxygen atoms in total. The molecule has 13 heteroatoms. The first-order valence-electron chi connectivity index (χ1n) is 14.7. The third-order valence-electron chi connectivity index (χ3n) is 7.61. The first-order chi connectivity index (χ1) is 22.1. The molecule has 5 rings (SSSR count). The summed E-state index contributed by atoms with van der Waals surface area (Å²) >= 11 is 0. The first-order valence-corrected chi connectivity index (χ1v) is 14.7. The molecule has 0 radical (unpaired) electrons. The van der Waals surface area contributed by atoms with Crippen LogP contribution in [0.25, 0.3) is 10.9 Å². The van der Waals surface area contributed by atoms with E-state index in [0.29, 0.717) is 71.9 Å². The van der Waals surface area contributed by atoms with E-state index in [9.17, 15) is 22.8 Å². The zero-order chi connectivity index (χ0) is 32.8. The van der Waals surface area contributed by atoms with Crippen molar-refractivity contribution in [1.82, 2.24) is 10.3 Å². The van der Waals surface area contributed by atoms with Gasteiger partial charge in [0.05, 0.1) is 25.3 Å². The minimum Gasteiger partial charge on any atom is -0.493 e. The predicted octanol–water partition coefficient (Wildman–Crippen LogP) is 7.20. The number of anilines is 3. The quantitative estimate of drug-likeness (QED) is 0.178. The van der Waals surface area contributed by atoms with E-state index in [0.717, 1.165) is 6.07 Å². The number of piperidine rings is 1. The number of nitrogens with one attached hydrogen (secondary N) is 3. The number of fused-ring (bicyclic) bond motifs is 1. The fraction of sp³-hybridized carbons (Fsp3) is 0.303. The summed E-state index contributed by atoms with van der Waals surface area (Å²) in [5.41, 5.74) is 0.147. The van der Waals surface area contributed by atoms with E-state index >= 15 is 0 Å². The van der Waals surface area contributed by atoms with E-state index in [-0.39, 0.29) is 23.3 Å². The summed E-state index contributed by atoms with van der Waals surface area (Å²) in [4.78, 5) is 30.6. The number of nitrogens with zero attached hydrogens (tertiary/aromatic N) is 2. The zero-order valence-electron chi connectivity index (χ0n) is 25.5. The Hall–Kier alpha value is -5.20. The second-order valence-corrected chi connectivity index (χ2v) is 10.7. The molecule has 0 bridgehead atoms. The highest BCUT2D eigenvalue weighted by Crippen LogP contribution is 2.40. The number of halogens is 3. The summed E-state index contributed by atoms with van der Waals surface area (Å²) in [6, 6.07) is 14.7. The van der Waals surface area contributed by atoms with Crippen molar-refractivity contribution in [3.8, 4) is 23.0 Å². The first kappa shape index (κ1) is 32.2. The minimum absolute atomic E-state index is 0.0151. The molecule has 3 aromatic carbocycles. The Labute approximate surface area is 263 Å². The van der Waals surface area contributed by atoms with Gasteiger partial charge in [-0.1, -0.05) is 13.0 Å². The number of urea groups is 1. The van der Waals surface area contributed by atoms with Crippen LogP contribution in [-0.2, 0) is 11.0 Å². The Morgan fingerprint density at radius 1 is 0.913 bits per heavy atom. The van der Waals surface area contributed by atoms with Gasteiger partial charge in [-0.05, 0) is 55.3 Å². The molecule has 4 aromatic rings. The maximum Gasteiger partial charge on any atom is 0.418 e. The van der Waals surface area contributed by atoms with Crippen molar-refractivity contribution in [2.45, 2.75) is 38.4 Å². The Bertz CT molecular complexity index is 1720. The lowest BCUT2D eigenvalue weighted by molar-refractivity contribution is -0.137. The van der Waals surface area contributed by atoms with Crippen LogP contribution in [0.2, 0.25) is 0 Å². The normalized spacial score (nSPS) is 13.7. The lowest BCUT2D eigenvalue weighted by atomic mass is 10.0. The van der Waals surface area contributed by atoms with Crippen LogP contribution < -0.4 is 35.1 Å². The van der Waals surface area contributed by atoms with Crippen molar-refractivity contribution in [1.29, 1.82) is 0 Å². The van der Waals surface area contributed by atoms with Gasteiger partial charge in [-0.3, -0.25) is 9.78 Å². The highest BCUT2D eigenvalue weighted by molar-refractivity contribution is 6.00. The summed E-state index contributed by atoms with van der Waals surface area (Å²) in [7, 11) is 3.06. The Morgan fingerprint density at radius 3 is 2.28 bits per heavy atom. The molecule has 1 aliphatic rings. The van der Waals surface area contributed by atoms with Crippen molar-refractivity contribution in [2.24, 2.45) is 0 Å². The molecule has 3 N–H and O–H groups in total. The molecule has 1 fully saturated rings. The van der Waals surface area contributed by atoms with E-state index < -0.39 is 17.8 Å². The second-order valence-electron chi connectivity index (χ2n) is 10.7. The molecule has 2 heterocycles. The maximum absolute atomic E-state index is 14.1. The molecular formula is C33H34F3N5O5. The molecule has 0 aliphatic carbocycles. The van der Waals surface area contributed by atoms with Gasteiger partial charge in [0.15, 0.2) is 11.5 Å². The van der Waals surface area contributed by atoms with E-state index in [1.807, 2.05) is 0 Å². The van der Waals surface area contributed by atoms with Crippen molar-refractivity contribution in [3.63, 3.8) is 0 Å². The van der Waals surface area contributed by atoms with Crippen molar-refractivity contribution >= 4 is 39.9 Å². The van der Waals surface area contributed by atoms with Crippen molar-refractivity contribution in [3.05, 3.63) is 72.4 Å². The van der Waals surface area contributed by atoms with Crippen LogP contribution in [0.3, 0.4) is 0 Å². The maximum atomic E-state index is 14.1. The monoisotopic (exact) mass is 637 g/mol. The van der Waals surface area contributed by atoms with E-state index in [1.165, 1.54) is 26.4 Å². The molecule has 3 amide bonds. The average Bonchev–Trinajstić information content (AvgIpc) is 3.04. The van der Waals surface area contributed by atoms with E-state index in [2.05, 4.69) is 20.9 Å². The summed E-state index contributed by atoms with van der Waals surface area (Å²) in [5.74, 6) is 1.84. The summed E-state index contributed by atoms with van der Waals surface area (Å²) in [5, 5.41) is 8.72. The van der Waals surface area contributed by atoms with Gasteiger partial charge in [-0.2, -0.15) is 13.2 Å². The van der Waals surface area contributed by atoms with Gasteiger partial charge in [-0.15, -0.1) is 0 Å². The molecule has 0 unspecified atom stereocenters. The Balaban J connectivity index is 1.27. The van der Waals surface area contributed by atoms with Crippen LogP contribution in [0.15, 0.2) is 66.9 Å². The largest absolute Gasteiger partial charge is 0.493 e. The molecule has 1 aromatic heterocycles. The van der Waals surface area contributed by atoms with E-state index in [4.69, 9.17) is 14.2 Å². The van der Waals surface area contributed by atoms with Crippen LogP contribution in [0, 0.1) is 0 Å². The topological polar surface area (TPSA) is 114 Å². The molecule has 1 aliphatic heterocycles. The van der Waals surface area contributed by atoms with Gasteiger partial charge in [0.25, 0.3) is 0 Å². The fourth-order valence-electron chi connectivity index (χ4n) is 5.31. The van der Waals surface area contributed by atoms with Crippen LogP contribution >= 0.6 is 0 Å². The number of aromatic nitrogens is 1. The highest BCUT2D eigenvalue weighted by Gasteiger charge is 2.36. The molecule has 46 heavy (non-hydrogen) atoms. The Kier molecular flexibility index (Phi) is 9.69. The number of amides is 3. The number of methoxy groups -OCH3 is 2. The van der Waals surface area contributed by atoms with Crippen LogP contribution in [0.5, 0.6) is 23.0 Å². The summed E-state index contributed by atoms with van der Waals surface area (Å²) in [6.45, 7) is 2.48. The minimum atomic E-state index is -4.64. The smallest absolute Gasteiger partial charge is 0.418 e. The van der Waals surface area contributed by atoms with Crippen molar-refractivity contribution < 1.29 is 37.0 Å². The number of alkyl halides is 3. The van der Waals surface area contributed by atoms with Gasteiger partial charge in [-0.25, -0.2) is 4.79 Å². The number of carbonyl (C=O) groups is 2. The molecule has 0 spiro atoms. The third-order valence-corrected chi connectivity index (χ3v) is 7.61. The molecule has 1 saturated heterocycles. The standard InChI is InChI=1S/C33H34F3N5O5/c1-4-31(42)38-20-11-14-41(15-12-20)27-9-8-22(17-25(27)33(34,35)36)40-32(43)39-21-6-5-7-23(16-21)46-28-10-13-37-26-19-30(45-3)29(44-2)18-24(26)28/h5-10,13,16-20H,4,11-12,14-15H2,1-3H3,(H,38,42)(H2,39,40,43). The predicted molar refractivity (Wildman–Crippen MR) is 169 cm³/mol. The second kappa shape index (κ2) is 13.8. The number of carbonyl (C=O) groups excluding carboxylic acids is 2. The number of hydrogen-bond donors (Lipinski definition) is 3. The third kappa shape index (κ3) is 7.53. The summed E-state index contributed by atoms with van der Waals surface area (Å²) < 4.78 is 59.2. The SMILES string of the molecule is CCC(=O)NC1CCN(c2ccc(NC(=O)Nc3cccc(Oc4ccnc5cc(OC)c(OC)cc45)c3)cc2C(F)(F)F)CC1. The van der Waals surface area contributed by atoms with Gasteiger partial charge < -0.3 is 35.1 Å². The molecule has 0 atom stereocenters. The average molecular weight is 638 g/mol. The molecule has 242 valence electrons. The van der Waals surface area contributed by atoms with Gasteiger partial charge in [0.2, 0.25) is 5.91 Å². The van der Waals surface area contributed by atoms with Gasteiger partial charge >= 0.3 is 12.2 Å². The lowest BCUT2D eigenvalue weighted by Crippen LogP contribution is -2.45. The number of rotatable bonds is 9. The van der Waals surface area contributed by atoms with Crippen LogP contribution in [0.1, 0.15) is 31.7 Å². The Morgan fingerprint density at radius 2 is 1.61 bits per heavy atom. The van der Waals surface area contributed by atoms with Crippen molar-refractivity contribution in [2.75, 3.05) is 42.8 Å². The fourth-order valence-corrected chi connectivity index (χ4v) is 5.31. The van der Waals surface area contributed by atoms with E-state index in [1.54, 1.807) is 60.5 Å². The molecule has 0 saturated carbocycles. The number of ether oxygens (including phenoxy) is 3. The number of pyridine rings is 1. The zero-order valence-corrected chi connectivity index (χ0v) is 25.5. The van der Waals surface area contributed by atoms with Gasteiger partial charge in [0.1, 0.15) is 11.5 Å². The van der Waals surface area contributed by atoms with Crippen LogP contribution in [-0.4, -0.2) is 50.3 Å². The highest BCUT2D eigenvalue weighted by atomic mass is 19.4. The number of hydrogen-bond acceptors (Lipinski definition) is 7. The summed E-state index contributed by atoms with van der Waals surface area (Å²) in [6.07, 6.45) is -1.62. The molecular weight excluding hydrogens is 603 g/mol. The van der Waals surface area contributed by atoms with Crippen LogP contribution in [0.4, 0.5) is 35.0 Å². The lowest BCUT2D eigenvalue weighted by Gasteiger charge is -2.35. The van der Waals surface area contributed by atoms with Gasteiger partial charge in [0, 0.05) is 66.3 Å².